The quantitative estimate of drug-likeness (QED) is 0.883. The fourth-order valence-corrected chi connectivity index (χ4v) is 3.09. The SMILES string of the molecule is CN(C)Cc1cc([C@H]2CCCN2C(=O)COc2ccccc2)n[nH]1. The van der Waals surface area contributed by atoms with E-state index in [1.54, 1.807) is 0 Å². The number of carbonyl (C=O) groups is 1. The van der Waals surface area contributed by atoms with E-state index in [-0.39, 0.29) is 18.6 Å². The summed E-state index contributed by atoms with van der Waals surface area (Å²) in [6.07, 6.45) is 1.95. The molecule has 2 heterocycles. The van der Waals surface area contributed by atoms with Crippen LogP contribution in [0.5, 0.6) is 5.75 Å². The predicted molar refractivity (Wildman–Crippen MR) is 91.6 cm³/mol. The highest BCUT2D eigenvalue weighted by Gasteiger charge is 2.31. The smallest absolute Gasteiger partial charge is 0.261 e. The highest BCUT2D eigenvalue weighted by atomic mass is 16.5. The first kappa shape index (κ1) is 16.5. The maximum absolute atomic E-state index is 12.5. The molecule has 2 aromatic rings. The van der Waals surface area contributed by atoms with Crippen LogP contribution in [0.2, 0.25) is 0 Å². The zero-order valence-corrected chi connectivity index (χ0v) is 14.2. The van der Waals surface area contributed by atoms with Crippen molar-refractivity contribution in [3.63, 3.8) is 0 Å². The molecule has 1 aromatic heterocycles. The van der Waals surface area contributed by atoms with Crippen LogP contribution >= 0.6 is 0 Å². The summed E-state index contributed by atoms with van der Waals surface area (Å²) in [6, 6.07) is 11.5. The third kappa shape index (κ3) is 3.94. The maximum atomic E-state index is 12.5. The average molecular weight is 328 g/mol. The summed E-state index contributed by atoms with van der Waals surface area (Å²) in [5, 5.41) is 7.49. The molecule has 6 nitrogen and oxygen atoms in total. The number of hydrogen-bond acceptors (Lipinski definition) is 4. The molecular formula is C18H24N4O2. The van der Waals surface area contributed by atoms with Crippen LogP contribution in [0, 0.1) is 0 Å². The van der Waals surface area contributed by atoms with E-state index in [1.807, 2.05) is 49.3 Å². The van der Waals surface area contributed by atoms with Gasteiger partial charge in [-0.05, 0) is 45.1 Å². The molecule has 1 aliphatic rings. The number of H-pyrrole nitrogens is 1. The number of carbonyl (C=O) groups excluding carboxylic acids is 1. The molecule has 0 saturated carbocycles. The minimum Gasteiger partial charge on any atom is -0.484 e. The fourth-order valence-electron chi connectivity index (χ4n) is 3.09. The van der Waals surface area contributed by atoms with Gasteiger partial charge >= 0.3 is 0 Å². The Morgan fingerprint density at radius 2 is 2.17 bits per heavy atom. The van der Waals surface area contributed by atoms with E-state index in [4.69, 9.17) is 4.74 Å². The first-order valence-electron chi connectivity index (χ1n) is 8.29. The molecule has 128 valence electrons. The third-order valence-electron chi connectivity index (χ3n) is 4.16. The van der Waals surface area contributed by atoms with Crippen molar-refractivity contribution in [3.05, 3.63) is 47.8 Å². The van der Waals surface area contributed by atoms with Crippen molar-refractivity contribution in [1.82, 2.24) is 20.0 Å². The molecule has 0 aliphatic carbocycles. The van der Waals surface area contributed by atoms with E-state index in [9.17, 15) is 4.79 Å². The molecule has 1 N–H and O–H groups in total. The van der Waals surface area contributed by atoms with Crippen LogP contribution in [0.3, 0.4) is 0 Å². The molecule has 1 atom stereocenters. The summed E-state index contributed by atoms with van der Waals surface area (Å²) in [5.41, 5.74) is 2.01. The number of likely N-dealkylation sites (tertiary alicyclic amines) is 1. The largest absolute Gasteiger partial charge is 0.484 e. The fraction of sp³-hybridized carbons (Fsp3) is 0.444. The summed E-state index contributed by atoms with van der Waals surface area (Å²) >= 11 is 0. The molecule has 0 unspecified atom stereocenters. The van der Waals surface area contributed by atoms with E-state index in [2.05, 4.69) is 21.2 Å². The van der Waals surface area contributed by atoms with Gasteiger partial charge in [-0.1, -0.05) is 18.2 Å². The molecule has 3 rings (SSSR count). The molecule has 1 fully saturated rings. The maximum Gasteiger partial charge on any atom is 0.261 e. The van der Waals surface area contributed by atoms with Gasteiger partial charge in [-0.2, -0.15) is 5.10 Å². The predicted octanol–water partition coefficient (Wildman–Crippen LogP) is 2.21. The monoisotopic (exact) mass is 328 g/mol. The lowest BCUT2D eigenvalue weighted by Gasteiger charge is -2.23. The normalized spacial score (nSPS) is 17.5. The minimum atomic E-state index is 0.0125. The van der Waals surface area contributed by atoms with E-state index in [0.717, 1.165) is 43.1 Å². The number of nitrogens with one attached hydrogen (secondary N) is 1. The summed E-state index contributed by atoms with van der Waals surface area (Å²) in [4.78, 5) is 16.5. The average Bonchev–Trinajstić information content (AvgIpc) is 3.22. The van der Waals surface area contributed by atoms with Crippen LogP contribution in [0.4, 0.5) is 0 Å². The Hall–Kier alpha value is -2.34. The highest BCUT2D eigenvalue weighted by Crippen LogP contribution is 2.31. The van der Waals surface area contributed by atoms with Crippen molar-refractivity contribution >= 4 is 5.91 Å². The van der Waals surface area contributed by atoms with Gasteiger partial charge in [0, 0.05) is 18.8 Å². The van der Waals surface area contributed by atoms with Gasteiger partial charge in [-0.3, -0.25) is 9.89 Å². The van der Waals surface area contributed by atoms with Gasteiger partial charge in [-0.25, -0.2) is 0 Å². The molecule has 0 spiro atoms. The van der Waals surface area contributed by atoms with Gasteiger partial charge in [0.2, 0.25) is 0 Å². The van der Waals surface area contributed by atoms with E-state index in [1.165, 1.54) is 0 Å². The number of benzene rings is 1. The zero-order chi connectivity index (χ0) is 16.9. The van der Waals surface area contributed by atoms with Crippen LogP contribution in [0.25, 0.3) is 0 Å². The Morgan fingerprint density at radius 1 is 1.38 bits per heavy atom. The summed E-state index contributed by atoms with van der Waals surface area (Å²) in [7, 11) is 4.04. The molecule has 1 amide bonds. The van der Waals surface area contributed by atoms with Gasteiger partial charge < -0.3 is 14.5 Å². The molecule has 1 saturated heterocycles. The Labute approximate surface area is 142 Å². The second-order valence-electron chi connectivity index (χ2n) is 6.40. The molecular weight excluding hydrogens is 304 g/mol. The van der Waals surface area contributed by atoms with Gasteiger partial charge in [-0.15, -0.1) is 0 Å². The van der Waals surface area contributed by atoms with Crippen LogP contribution in [-0.2, 0) is 11.3 Å². The number of para-hydroxylation sites is 1. The highest BCUT2D eigenvalue weighted by molar-refractivity contribution is 5.78. The number of rotatable bonds is 6. The third-order valence-corrected chi connectivity index (χ3v) is 4.16. The summed E-state index contributed by atoms with van der Waals surface area (Å²) in [5.74, 6) is 0.730. The molecule has 0 bridgehead atoms. The van der Waals surface area contributed by atoms with Gasteiger partial charge in [0.1, 0.15) is 5.75 Å². The van der Waals surface area contributed by atoms with Crippen LogP contribution < -0.4 is 4.74 Å². The van der Waals surface area contributed by atoms with Crippen molar-refractivity contribution in [1.29, 1.82) is 0 Å². The molecule has 0 radical (unpaired) electrons. The lowest BCUT2D eigenvalue weighted by molar-refractivity contribution is -0.134. The second kappa shape index (κ2) is 7.49. The standard InChI is InChI=1S/C18H24N4O2/c1-21(2)12-14-11-16(20-19-14)17-9-6-10-22(17)18(23)13-24-15-7-4-3-5-8-15/h3-5,7-8,11,17H,6,9-10,12-13H2,1-2H3,(H,19,20)/t17-/m1/s1. The van der Waals surface area contributed by atoms with E-state index in [0.29, 0.717) is 0 Å². The number of aromatic amines is 1. The first-order valence-corrected chi connectivity index (χ1v) is 8.29. The Morgan fingerprint density at radius 3 is 2.92 bits per heavy atom. The van der Waals surface area contributed by atoms with Crippen molar-refractivity contribution in [2.45, 2.75) is 25.4 Å². The number of hydrogen-bond donors (Lipinski definition) is 1. The van der Waals surface area contributed by atoms with Crippen molar-refractivity contribution in [2.24, 2.45) is 0 Å². The lowest BCUT2D eigenvalue weighted by Crippen LogP contribution is -2.34. The Bertz CT molecular complexity index is 669. The zero-order valence-electron chi connectivity index (χ0n) is 14.2. The molecule has 1 aromatic carbocycles. The van der Waals surface area contributed by atoms with Gasteiger partial charge in [0.15, 0.2) is 6.61 Å². The van der Waals surface area contributed by atoms with Gasteiger partial charge in [0.25, 0.3) is 5.91 Å². The number of nitrogens with zero attached hydrogens (tertiary/aromatic N) is 3. The van der Waals surface area contributed by atoms with E-state index >= 15 is 0 Å². The van der Waals surface area contributed by atoms with Crippen molar-refractivity contribution in [2.75, 3.05) is 27.2 Å². The van der Waals surface area contributed by atoms with Crippen molar-refractivity contribution in [3.8, 4) is 5.75 Å². The topological polar surface area (TPSA) is 61.5 Å². The molecule has 1 aliphatic heterocycles. The minimum absolute atomic E-state index is 0.0125. The molecule has 6 heteroatoms. The summed E-state index contributed by atoms with van der Waals surface area (Å²) in [6.45, 7) is 1.64. The van der Waals surface area contributed by atoms with Crippen LogP contribution in [0.1, 0.15) is 30.3 Å². The van der Waals surface area contributed by atoms with Crippen molar-refractivity contribution < 1.29 is 9.53 Å². The van der Waals surface area contributed by atoms with Gasteiger partial charge in [0.05, 0.1) is 11.7 Å². The Balaban J connectivity index is 1.62. The van der Waals surface area contributed by atoms with E-state index < -0.39 is 0 Å². The second-order valence-corrected chi connectivity index (χ2v) is 6.40. The number of amides is 1. The number of aromatic nitrogens is 2. The number of ether oxygens (including phenoxy) is 1. The Kier molecular flexibility index (Phi) is 5.15. The first-order chi connectivity index (χ1) is 11.6. The van der Waals surface area contributed by atoms with Crippen LogP contribution in [0.15, 0.2) is 36.4 Å². The van der Waals surface area contributed by atoms with Crippen LogP contribution in [-0.4, -0.2) is 53.2 Å². The lowest BCUT2D eigenvalue weighted by atomic mass is 10.1. The summed E-state index contributed by atoms with van der Waals surface area (Å²) < 4.78 is 5.60. The molecule has 24 heavy (non-hydrogen) atoms.